The van der Waals surface area contributed by atoms with Crippen LogP contribution < -0.4 is 5.32 Å². The number of carbonyl (C=O) groups excluding carboxylic acids is 1. The zero-order chi connectivity index (χ0) is 14.3. The van der Waals surface area contributed by atoms with E-state index in [0.717, 1.165) is 4.88 Å². The van der Waals surface area contributed by atoms with Gasteiger partial charge in [0.05, 0.1) is 29.2 Å². The smallest absolute Gasteiger partial charge is 0.252 e. The van der Waals surface area contributed by atoms with Crippen LogP contribution in [-0.2, 0) is 4.74 Å². The summed E-state index contributed by atoms with van der Waals surface area (Å²) in [4.78, 5) is 12.9. The van der Waals surface area contributed by atoms with E-state index in [2.05, 4.69) is 17.2 Å². The van der Waals surface area contributed by atoms with Crippen molar-refractivity contribution < 1.29 is 14.6 Å². The van der Waals surface area contributed by atoms with Gasteiger partial charge in [-0.05, 0) is 19.9 Å². The first kappa shape index (κ1) is 15.7. The molecule has 0 radical (unpaired) electrons. The van der Waals surface area contributed by atoms with Gasteiger partial charge in [-0.3, -0.25) is 4.79 Å². The number of aliphatic hydroxyl groups is 1. The number of hydrogen-bond donors (Lipinski definition) is 2. The molecule has 0 aliphatic rings. The molecular formula is C14H19NO3S. The molecule has 0 aliphatic heterocycles. The van der Waals surface area contributed by atoms with Crippen LogP contribution in [0.4, 0.5) is 0 Å². The van der Waals surface area contributed by atoms with E-state index in [1.54, 1.807) is 18.6 Å². The summed E-state index contributed by atoms with van der Waals surface area (Å²) < 4.78 is 5.06. The predicted octanol–water partition coefficient (Wildman–Crippen LogP) is 1.64. The summed E-state index contributed by atoms with van der Waals surface area (Å²) in [7, 11) is 1.60. The minimum absolute atomic E-state index is 0.0525. The molecule has 0 unspecified atom stereocenters. The summed E-state index contributed by atoms with van der Waals surface area (Å²) in [6.45, 7) is 4.31. The Bertz CT molecular complexity index is 482. The Morgan fingerprint density at radius 2 is 2.32 bits per heavy atom. The van der Waals surface area contributed by atoms with Crippen molar-refractivity contribution in [3.63, 3.8) is 0 Å². The average Bonchev–Trinajstić information content (AvgIpc) is 2.77. The molecule has 4 nitrogen and oxygen atoms in total. The van der Waals surface area contributed by atoms with E-state index < -0.39 is 5.54 Å². The molecule has 1 aromatic rings. The fourth-order valence-corrected chi connectivity index (χ4v) is 2.26. The van der Waals surface area contributed by atoms with Crippen molar-refractivity contribution in [3.05, 3.63) is 21.9 Å². The second-order valence-electron chi connectivity index (χ2n) is 4.75. The van der Waals surface area contributed by atoms with E-state index in [0.29, 0.717) is 18.6 Å². The standard InChI is InChI=1S/C14H19NO3S/c1-14(2,10-18-3)15-13(17)11-8-12(19-9-11)6-4-5-7-16/h8-9,16H,5,7,10H2,1-3H3,(H,15,17). The molecule has 0 fully saturated rings. The molecule has 0 atom stereocenters. The molecule has 1 aromatic heterocycles. The van der Waals surface area contributed by atoms with Gasteiger partial charge in [0.15, 0.2) is 0 Å². The predicted molar refractivity (Wildman–Crippen MR) is 76.3 cm³/mol. The number of aliphatic hydroxyl groups excluding tert-OH is 1. The monoisotopic (exact) mass is 281 g/mol. The van der Waals surface area contributed by atoms with E-state index in [4.69, 9.17) is 9.84 Å². The van der Waals surface area contributed by atoms with Crippen molar-refractivity contribution in [3.8, 4) is 11.8 Å². The summed E-state index contributed by atoms with van der Waals surface area (Å²) in [5.74, 6) is 5.61. The lowest BCUT2D eigenvalue weighted by Crippen LogP contribution is -2.46. The minimum atomic E-state index is -0.406. The summed E-state index contributed by atoms with van der Waals surface area (Å²) in [5.41, 5.74) is 0.193. The Labute approximate surface area is 117 Å². The van der Waals surface area contributed by atoms with Gasteiger partial charge in [-0.25, -0.2) is 0 Å². The van der Waals surface area contributed by atoms with Gasteiger partial charge in [0, 0.05) is 18.9 Å². The third-order valence-electron chi connectivity index (χ3n) is 2.27. The Balaban J connectivity index is 2.66. The molecule has 0 bridgehead atoms. The van der Waals surface area contributed by atoms with Crippen molar-refractivity contribution in [2.45, 2.75) is 25.8 Å². The number of thiophene rings is 1. The van der Waals surface area contributed by atoms with Crippen LogP contribution >= 0.6 is 11.3 Å². The zero-order valence-corrected chi connectivity index (χ0v) is 12.3. The van der Waals surface area contributed by atoms with Crippen molar-refractivity contribution in [1.82, 2.24) is 5.32 Å². The third kappa shape index (κ3) is 5.43. The molecule has 0 aromatic carbocycles. The number of hydrogen-bond acceptors (Lipinski definition) is 4. The Morgan fingerprint density at radius 3 is 2.95 bits per heavy atom. The number of rotatable bonds is 5. The van der Waals surface area contributed by atoms with Crippen LogP contribution in [0.5, 0.6) is 0 Å². The highest BCUT2D eigenvalue weighted by Gasteiger charge is 2.21. The molecule has 19 heavy (non-hydrogen) atoms. The molecule has 0 saturated heterocycles. The molecule has 0 spiro atoms. The van der Waals surface area contributed by atoms with Gasteiger partial charge in [0.1, 0.15) is 0 Å². The normalized spacial score (nSPS) is 10.7. The molecule has 1 rings (SSSR count). The molecule has 0 aliphatic carbocycles. The van der Waals surface area contributed by atoms with Crippen LogP contribution in [0.25, 0.3) is 0 Å². The first-order chi connectivity index (χ1) is 8.98. The Kier molecular flexibility index (Phi) is 6.03. The Hall–Kier alpha value is -1.35. The summed E-state index contributed by atoms with van der Waals surface area (Å²) >= 11 is 1.42. The summed E-state index contributed by atoms with van der Waals surface area (Å²) in [5, 5.41) is 13.3. The van der Waals surface area contributed by atoms with Crippen LogP contribution in [0.15, 0.2) is 11.4 Å². The number of amides is 1. The van der Waals surface area contributed by atoms with E-state index in [1.165, 1.54) is 11.3 Å². The van der Waals surface area contributed by atoms with E-state index in [-0.39, 0.29) is 12.5 Å². The molecule has 104 valence electrons. The molecule has 0 saturated carbocycles. The van der Waals surface area contributed by atoms with Gasteiger partial charge in [-0.15, -0.1) is 11.3 Å². The van der Waals surface area contributed by atoms with Gasteiger partial charge in [0.25, 0.3) is 5.91 Å². The fourth-order valence-electron chi connectivity index (χ4n) is 1.50. The fraction of sp³-hybridized carbons (Fsp3) is 0.500. The second kappa shape index (κ2) is 7.29. The van der Waals surface area contributed by atoms with E-state index >= 15 is 0 Å². The van der Waals surface area contributed by atoms with Crippen LogP contribution in [0.1, 0.15) is 35.5 Å². The van der Waals surface area contributed by atoms with Crippen LogP contribution in [0.3, 0.4) is 0 Å². The second-order valence-corrected chi connectivity index (χ2v) is 5.66. The zero-order valence-electron chi connectivity index (χ0n) is 11.4. The SMILES string of the molecule is COCC(C)(C)NC(=O)c1csc(C#CCCO)c1. The quantitative estimate of drug-likeness (QED) is 0.807. The maximum atomic E-state index is 12.0. The first-order valence-electron chi connectivity index (χ1n) is 5.98. The van der Waals surface area contributed by atoms with Crippen LogP contribution in [-0.4, -0.2) is 36.9 Å². The van der Waals surface area contributed by atoms with Crippen molar-refractivity contribution >= 4 is 17.2 Å². The maximum absolute atomic E-state index is 12.0. The lowest BCUT2D eigenvalue weighted by molar-refractivity contribution is 0.0820. The average molecular weight is 281 g/mol. The van der Waals surface area contributed by atoms with Crippen LogP contribution in [0.2, 0.25) is 0 Å². The van der Waals surface area contributed by atoms with Crippen LogP contribution in [0, 0.1) is 11.8 Å². The maximum Gasteiger partial charge on any atom is 0.252 e. The van der Waals surface area contributed by atoms with Gasteiger partial charge in [-0.2, -0.15) is 0 Å². The van der Waals surface area contributed by atoms with Gasteiger partial charge in [-0.1, -0.05) is 11.8 Å². The van der Waals surface area contributed by atoms with Crippen molar-refractivity contribution in [2.75, 3.05) is 20.3 Å². The largest absolute Gasteiger partial charge is 0.395 e. The lowest BCUT2D eigenvalue weighted by atomic mass is 10.1. The lowest BCUT2D eigenvalue weighted by Gasteiger charge is -2.24. The number of methoxy groups -OCH3 is 1. The molecule has 1 heterocycles. The van der Waals surface area contributed by atoms with Crippen molar-refractivity contribution in [1.29, 1.82) is 0 Å². The van der Waals surface area contributed by atoms with Crippen molar-refractivity contribution in [2.24, 2.45) is 0 Å². The highest BCUT2D eigenvalue weighted by molar-refractivity contribution is 7.10. The highest BCUT2D eigenvalue weighted by atomic mass is 32.1. The molecule has 1 amide bonds. The molecule has 2 N–H and O–H groups in total. The minimum Gasteiger partial charge on any atom is -0.395 e. The topological polar surface area (TPSA) is 58.6 Å². The third-order valence-corrected chi connectivity index (χ3v) is 3.11. The number of nitrogens with one attached hydrogen (secondary N) is 1. The van der Waals surface area contributed by atoms with Gasteiger partial charge < -0.3 is 15.2 Å². The van der Waals surface area contributed by atoms with E-state index in [1.807, 2.05) is 13.8 Å². The van der Waals surface area contributed by atoms with Gasteiger partial charge >= 0.3 is 0 Å². The number of ether oxygens (including phenoxy) is 1. The highest BCUT2D eigenvalue weighted by Crippen LogP contribution is 2.15. The van der Waals surface area contributed by atoms with Gasteiger partial charge in [0.2, 0.25) is 0 Å². The van der Waals surface area contributed by atoms with E-state index in [9.17, 15) is 4.79 Å². The molecule has 5 heteroatoms. The Morgan fingerprint density at radius 1 is 1.58 bits per heavy atom. The first-order valence-corrected chi connectivity index (χ1v) is 6.86. The summed E-state index contributed by atoms with van der Waals surface area (Å²) in [6, 6.07) is 1.76. The number of carbonyl (C=O) groups is 1. The summed E-state index contributed by atoms with van der Waals surface area (Å²) in [6.07, 6.45) is 0.445. The molecular weight excluding hydrogens is 262 g/mol.